The molecule has 6 heteroatoms. The van der Waals surface area contributed by atoms with E-state index in [9.17, 15) is 5.11 Å². The molecule has 0 saturated heterocycles. The second kappa shape index (κ2) is 7.31. The highest BCUT2D eigenvalue weighted by Gasteiger charge is 2.13. The average Bonchev–Trinajstić information content (AvgIpc) is 2.59. The Bertz CT molecular complexity index is 808. The van der Waals surface area contributed by atoms with E-state index in [1.165, 1.54) is 12.3 Å². The van der Waals surface area contributed by atoms with Crippen molar-refractivity contribution in [1.29, 1.82) is 0 Å². The Balaban J connectivity index is 1.75. The average molecular weight is 343 g/mol. The fraction of sp³-hybridized carbons (Fsp3) is 0.0556. The van der Waals surface area contributed by atoms with Gasteiger partial charge < -0.3 is 20.3 Å². The summed E-state index contributed by atoms with van der Waals surface area (Å²) in [4.78, 5) is 4.06. The van der Waals surface area contributed by atoms with Gasteiger partial charge in [-0.2, -0.15) is 0 Å². The summed E-state index contributed by atoms with van der Waals surface area (Å²) in [5.74, 6) is 2.16. The Morgan fingerprint density at radius 2 is 1.50 bits per heavy atom. The number of hydrogen-bond donors (Lipinski definition) is 2. The minimum Gasteiger partial charge on any atom is -0.457 e. The molecule has 0 bridgehead atoms. The third kappa shape index (κ3) is 4.02. The fourth-order valence-electron chi connectivity index (χ4n) is 2.05. The molecule has 0 aliphatic heterocycles. The standard InChI is InChI=1S/C18H15ClN2O3/c19-12-10-16(17(20)22)18(21-11-12)24-15-8-6-14(7-9-15)23-13-4-2-1-3-5-13/h1-11,17,22H,20H2. The van der Waals surface area contributed by atoms with Crippen LogP contribution in [0, 0.1) is 0 Å². The first kappa shape index (κ1) is 16.3. The summed E-state index contributed by atoms with van der Waals surface area (Å²) in [5.41, 5.74) is 5.82. The van der Waals surface area contributed by atoms with Crippen LogP contribution in [0.2, 0.25) is 5.02 Å². The van der Waals surface area contributed by atoms with Crippen molar-refractivity contribution < 1.29 is 14.6 Å². The molecule has 1 aromatic heterocycles. The first-order valence-electron chi connectivity index (χ1n) is 7.22. The van der Waals surface area contributed by atoms with E-state index in [-0.39, 0.29) is 5.88 Å². The zero-order valence-corrected chi connectivity index (χ0v) is 13.4. The van der Waals surface area contributed by atoms with Gasteiger partial charge in [-0.3, -0.25) is 0 Å². The predicted octanol–water partition coefficient (Wildman–Crippen LogP) is 4.27. The summed E-state index contributed by atoms with van der Waals surface area (Å²) in [6.45, 7) is 0. The van der Waals surface area contributed by atoms with Gasteiger partial charge in [0.2, 0.25) is 5.88 Å². The topological polar surface area (TPSA) is 77.6 Å². The lowest BCUT2D eigenvalue weighted by Gasteiger charge is -2.12. The van der Waals surface area contributed by atoms with Crippen LogP contribution in [0.5, 0.6) is 23.1 Å². The number of nitrogens with two attached hydrogens (primary N) is 1. The third-order valence-corrected chi connectivity index (χ3v) is 3.39. The molecule has 1 atom stereocenters. The lowest BCUT2D eigenvalue weighted by Crippen LogP contribution is -2.10. The van der Waals surface area contributed by atoms with Crippen molar-refractivity contribution in [2.75, 3.05) is 0 Å². The number of rotatable bonds is 5. The van der Waals surface area contributed by atoms with Crippen LogP contribution in [0.15, 0.2) is 66.9 Å². The van der Waals surface area contributed by atoms with Crippen molar-refractivity contribution >= 4 is 11.6 Å². The molecule has 0 fully saturated rings. The molecule has 0 amide bonds. The van der Waals surface area contributed by atoms with E-state index in [1.54, 1.807) is 24.3 Å². The van der Waals surface area contributed by atoms with Crippen molar-refractivity contribution in [3.63, 3.8) is 0 Å². The summed E-state index contributed by atoms with van der Waals surface area (Å²) < 4.78 is 11.4. The van der Waals surface area contributed by atoms with Crippen LogP contribution in [-0.4, -0.2) is 10.1 Å². The molecule has 3 N–H and O–H groups in total. The molecule has 1 heterocycles. The van der Waals surface area contributed by atoms with Gasteiger partial charge in [0.25, 0.3) is 0 Å². The van der Waals surface area contributed by atoms with Gasteiger partial charge in [0.1, 0.15) is 23.5 Å². The Hall–Kier alpha value is -2.60. The monoisotopic (exact) mass is 342 g/mol. The van der Waals surface area contributed by atoms with Crippen molar-refractivity contribution in [3.8, 4) is 23.1 Å². The Kier molecular flexibility index (Phi) is 4.96. The maximum absolute atomic E-state index is 9.59. The molecular formula is C18H15ClN2O3. The van der Waals surface area contributed by atoms with E-state index >= 15 is 0 Å². The molecule has 0 aliphatic rings. The summed E-state index contributed by atoms with van der Waals surface area (Å²) >= 11 is 5.86. The quantitative estimate of drug-likeness (QED) is 0.677. The summed E-state index contributed by atoms with van der Waals surface area (Å²) in [6, 6.07) is 18.0. The number of aliphatic hydroxyl groups excluding tert-OH is 1. The van der Waals surface area contributed by atoms with Crippen LogP contribution >= 0.6 is 11.6 Å². The number of halogens is 1. The van der Waals surface area contributed by atoms with Crippen LogP contribution in [0.25, 0.3) is 0 Å². The lowest BCUT2D eigenvalue weighted by atomic mass is 10.2. The highest BCUT2D eigenvalue weighted by molar-refractivity contribution is 6.30. The molecule has 2 aromatic carbocycles. The molecule has 0 radical (unpaired) electrons. The van der Waals surface area contributed by atoms with Gasteiger partial charge in [-0.25, -0.2) is 4.98 Å². The summed E-state index contributed by atoms with van der Waals surface area (Å²) in [6.07, 6.45) is 0.197. The van der Waals surface area contributed by atoms with Crippen molar-refractivity contribution in [1.82, 2.24) is 4.98 Å². The molecule has 0 saturated carbocycles. The smallest absolute Gasteiger partial charge is 0.226 e. The number of hydrogen-bond acceptors (Lipinski definition) is 5. The molecular weight excluding hydrogens is 328 g/mol. The van der Waals surface area contributed by atoms with Gasteiger partial charge in [0.15, 0.2) is 0 Å². The van der Waals surface area contributed by atoms with E-state index in [1.807, 2.05) is 30.3 Å². The summed E-state index contributed by atoms with van der Waals surface area (Å²) in [7, 11) is 0. The van der Waals surface area contributed by atoms with Gasteiger partial charge in [-0.15, -0.1) is 0 Å². The van der Waals surface area contributed by atoms with E-state index < -0.39 is 6.23 Å². The number of benzene rings is 2. The molecule has 0 aliphatic carbocycles. The van der Waals surface area contributed by atoms with Gasteiger partial charge in [0.05, 0.1) is 10.6 Å². The van der Waals surface area contributed by atoms with Crippen molar-refractivity contribution in [2.24, 2.45) is 5.73 Å². The van der Waals surface area contributed by atoms with Crippen molar-refractivity contribution in [3.05, 3.63) is 77.4 Å². The zero-order chi connectivity index (χ0) is 16.9. The maximum atomic E-state index is 9.59. The largest absolute Gasteiger partial charge is 0.457 e. The first-order valence-corrected chi connectivity index (χ1v) is 7.59. The number of nitrogens with zero attached hydrogens (tertiary/aromatic N) is 1. The highest BCUT2D eigenvalue weighted by Crippen LogP contribution is 2.30. The molecule has 122 valence electrons. The van der Waals surface area contributed by atoms with Crippen LogP contribution in [-0.2, 0) is 0 Å². The number of ether oxygens (including phenoxy) is 2. The van der Waals surface area contributed by atoms with Crippen molar-refractivity contribution in [2.45, 2.75) is 6.23 Å². The number of aromatic nitrogens is 1. The van der Waals surface area contributed by atoms with Gasteiger partial charge in [-0.05, 0) is 42.5 Å². The summed E-state index contributed by atoms with van der Waals surface area (Å²) in [5, 5.41) is 9.96. The van der Waals surface area contributed by atoms with E-state index in [0.717, 1.165) is 5.75 Å². The molecule has 0 spiro atoms. The van der Waals surface area contributed by atoms with Gasteiger partial charge in [-0.1, -0.05) is 29.8 Å². The highest BCUT2D eigenvalue weighted by atomic mass is 35.5. The van der Waals surface area contributed by atoms with Crippen LogP contribution < -0.4 is 15.2 Å². The third-order valence-electron chi connectivity index (χ3n) is 3.18. The predicted molar refractivity (Wildman–Crippen MR) is 91.4 cm³/mol. The zero-order valence-electron chi connectivity index (χ0n) is 12.6. The van der Waals surface area contributed by atoms with Crippen LogP contribution in [0.1, 0.15) is 11.8 Å². The minimum absolute atomic E-state index is 0.200. The normalized spacial score (nSPS) is 11.8. The Morgan fingerprint density at radius 3 is 2.12 bits per heavy atom. The molecule has 5 nitrogen and oxygen atoms in total. The van der Waals surface area contributed by atoms with E-state index in [0.29, 0.717) is 22.1 Å². The fourth-order valence-corrected chi connectivity index (χ4v) is 2.22. The van der Waals surface area contributed by atoms with Gasteiger partial charge >= 0.3 is 0 Å². The molecule has 24 heavy (non-hydrogen) atoms. The number of para-hydroxylation sites is 1. The number of pyridine rings is 1. The minimum atomic E-state index is -1.23. The second-order valence-electron chi connectivity index (χ2n) is 4.98. The van der Waals surface area contributed by atoms with Crippen LogP contribution in [0.4, 0.5) is 0 Å². The first-order chi connectivity index (χ1) is 11.6. The molecule has 1 unspecified atom stereocenters. The second-order valence-corrected chi connectivity index (χ2v) is 5.42. The molecule has 3 aromatic rings. The number of aliphatic hydroxyl groups is 1. The van der Waals surface area contributed by atoms with Gasteiger partial charge in [0, 0.05) is 6.20 Å². The SMILES string of the molecule is NC(O)c1cc(Cl)cnc1Oc1ccc(Oc2ccccc2)cc1. The van der Waals surface area contributed by atoms with E-state index in [4.69, 9.17) is 26.8 Å². The Labute approximate surface area is 144 Å². The Morgan fingerprint density at radius 1 is 0.917 bits per heavy atom. The lowest BCUT2D eigenvalue weighted by molar-refractivity contribution is 0.182. The maximum Gasteiger partial charge on any atom is 0.226 e. The van der Waals surface area contributed by atoms with E-state index in [2.05, 4.69) is 4.98 Å². The molecule has 3 rings (SSSR count). The van der Waals surface area contributed by atoms with Crippen LogP contribution in [0.3, 0.4) is 0 Å².